The monoisotopic (exact) mass is 230 g/mol. The molecule has 2 aromatic rings. The Morgan fingerprint density at radius 2 is 1.94 bits per heavy atom. The van der Waals surface area contributed by atoms with E-state index in [2.05, 4.69) is 33.8 Å². The van der Waals surface area contributed by atoms with Crippen molar-refractivity contribution in [3.05, 3.63) is 47.5 Å². The molecule has 1 aromatic carbocycles. The van der Waals surface area contributed by atoms with Crippen LogP contribution < -0.4 is 5.73 Å². The van der Waals surface area contributed by atoms with E-state index in [1.54, 1.807) is 0 Å². The van der Waals surface area contributed by atoms with Gasteiger partial charge in [0, 0.05) is 6.42 Å². The first kappa shape index (κ1) is 11.8. The Balaban J connectivity index is 2.33. The van der Waals surface area contributed by atoms with Gasteiger partial charge >= 0.3 is 0 Å². The van der Waals surface area contributed by atoms with Gasteiger partial charge in [-0.05, 0) is 12.5 Å². The lowest BCUT2D eigenvalue weighted by Crippen LogP contribution is -2.15. The summed E-state index contributed by atoms with van der Waals surface area (Å²) in [5.74, 6) is 1.84. The maximum atomic E-state index is 5.91. The Labute approximate surface area is 101 Å². The van der Waals surface area contributed by atoms with Crippen molar-refractivity contribution in [3.8, 4) is 0 Å². The Kier molecular flexibility index (Phi) is 3.54. The topological polar surface area (TPSA) is 56.7 Å². The zero-order chi connectivity index (χ0) is 12.3. The van der Waals surface area contributed by atoms with Crippen molar-refractivity contribution in [2.75, 3.05) is 0 Å². The van der Waals surface area contributed by atoms with Gasteiger partial charge < -0.3 is 10.3 Å². The molecule has 17 heavy (non-hydrogen) atoms. The highest BCUT2D eigenvalue weighted by Gasteiger charge is 2.13. The van der Waals surface area contributed by atoms with Crippen LogP contribution in [0.2, 0.25) is 0 Å². The van der Waals surface area contributed by atoms with Crippen LogP contribution in [0, 0.1) is 0 Å². The Bertz CT molecular complexity index is 473. The molecule has 0 fully saturated rings. The van der Waals surface area contributed by atoms with E-state index in [-0.39, 0.29) is 6.04 Å². The first-order valence-electron chi connectivity index (χ1n) is 5.93. The number of benzene rings is 1. The molecule has 0 radical (unpaired) electrons. The lowest BCUT2D eigenvalue weighted by atomic mass is 10.2. The van der Waals surface area contributed by atoms with E-state index in [1.165, 1.54) is 5.56 Å². The van der Waals surface area contributed by atoms with Crippen LogP contribution in [-0.2, 0) is 13.0 Å². The SMILES string of the molecule is CCc1nnc(C(C)N)n1Cc1ccccc1. The Morgan fingerprint density at radius 1 is 1.24 bits per heavy atom. The van der Waals surface area contributed by atoms with Crippen molar-refractivity contribution in [1.29, 1.82) is 0 Å². The van der Waals surface area contributed by atoms with Crippen LogP contribution in [0.4, 0.5) is 0 Å². The molecule has 0 saturated carbocycles. The second kappa shape index (κ2) is 5.10. The number of rotatable bonds is 4. The van der Waals surface area contributed by atoms with E-state index in [1.807, 2.05) is 25.1 Å². The van der Waals surface area contributed by atoms with Gasteiger partial charge in [-0.3, -0.25) is 0 Å². The highest BCUT2D eigenvalue weighted by Crippen LogP contribution is 2.13. The standard InChI is InChI=1S/C13H18N4/c1-3-12-15-16-13(10(2)14)17(12)9-11-7-5-4-6-8-11/h4-8,10H,3,9,14H2,1-2H3. The van der Waals surface area contributed by atoms with Crippen LogP contribution in [0.3, 0.4) is 0 Å². The summed E-state index contributed by atoms with van der Waals surface area (Å²) in [7, 11) is 0. The van der Waals surface area contributed by atoms with E-state index in [0.29, 0.717) is 0 Å². The Morgan fingerprint density at radius 3 is 2.53 bits per heavy atom. The van der Waals surface area contributed by atoms with Gasteiger partial charge in [0.25, 0.3) is 0 Å². The van der Waals surface area contributed by atoms with Crippen molar-refractivity contribution in [2.24, 2.45) is 5.73 Å². The zero-order valence-electron chi connectivity index (χ0n) is 10.3. The molecule has 0 aliphatic carbocycles. The van der Waals surface area contributed by atoms with E-state index in [0.717, 1.165) is 24.6 Å². The van der Waals surface area contributed by atoms with Crippen molar-refractivity contribution in [2.45, 2.75) is 32.9 Å². The molecule has 0 aliphatic rings. The first-order valence-corrected chi connectivity index (χ1v) is 5.93. The molecule has 1 heterocycles. The summed E-state index contributed by atoms with van der Waals surface area (Å²) < 4.78 is 2.11. The van der Waals surface area contributed by atoms with Crippen LogP contribution in [-0.4, -0.2) is 14.8 Å². The Hall–Kier alpha value is -1.68. The third-order valence-electron chi connectivity index (χ3n) is 2.76. The number of aromatic nitrogens is 3. The van der Waals surface area contributed by atoms with Crippen molar-refractivity contribution in [1.82, 2.24) is 14.8 Å². The minimum Gasteiger partial charge on any atom is -0.322 e. The van der Waals surface area contributed by atoms with Crippen LogP contribution in [0.1, 0.15) is 37.1 Å². The maximum absolute atomic E-state index is 5.91. The number of hydrogen-bond acceptors (Lipinski definition) is 3. The molecule has 90 valence electrons. The van der Waals surface area contributed by atoms with Crippen molar-refractivity contribution >= 4 is 0 Å². The van der Waals surface area contributed by atoms with Crippen LogP contribution in [0.15, 0.2) is 30.3 Å². The fourth-order valence-electron chi connectivity index (χ4n) is 1.89. The first-order chi connectivity index (χ1) is 8.22. The minimum absolute atomic E-state index is 0.0912. The molecule has 4 heteroatoms. The van der Waals surface area contributed by atoms with Gasteiger partial charge in [-0.2, -0.15) is 0 Å². The molecule has 0 spiro atoms. The minimum atomic E-state index is -0.0912. The number of aryl methyl sites for hydroxylation is 1. The molecule has 0 aliphatic heterocycles. The van der Waals surface area contributed by atoms with Gasteiger partial charge in [0.05, 0.1) is 12.6 Å². The third kappa shape index (κ3) is 2.53. The van der Waals surface area contributed by atoms with Crippen LogP contribution in [0.25, 0.3) is 0 Å². The molecule has 0 amide bonds. The molecular formula is C13H18N4. The molecule has 2 rings (SSSR count). The van der Waals surface area contributed by atoms with Crippen LogP contribution >= 0.6 is 0 Å². The van der Waals surface area contributed by atoms with Gasteiger partial charge in [-0.15, -0.1) is 10.2 Å². The van der Waals surface area contributed by atoms with Crippen molar-refractivity contribution in [3.63, 3.8) is 0 Å². The van der Waals surface area contributed by atoms with E-state index in [9.17, 15) is 0 Å². The fraction of sp³-hybridized carbons (Fsp3) is 0.385. The number of nitrogens with two attached hydrogens (primary N) is 1. The summed E-state index contributed by atoms with van der Waals surface area (Å²) in [6, 6.07) is 10.2. The predicted octanol–water partition coefficient (Wildman–Crippen LogP) is 1.91. The molecule has 1 unspecified atom stereocenters. The highest BCUT2D eigenvalue weighted by atomic mass is 15.3. The quantitative estimate of drug-likeness (QED) is 0.872. The average molecular weight is 230 g/mol. The molecule has 1 atom stereocenters. The molecule has 4 nitrogen and oxygen atoms in total. The van der Waals surface area contributed by atoms with Crippen LogP contribution in [0.5, 0.6) is 0 Å². The molecule has 0 bridgehead atoms. The molecule has 2 N–H and O–H groups in total. The fourth-order valence-corrected chi connectivity index (χ4v) is 1.89. The summed E-state index contributed by atoms with van der Waals surface area (Å²) in [6.07, 6.45) is 0.868. The summed E-state index contributed by atoms with van der Waals surface area (Å²) in [4.78, 5) is 0. The number of hydrogen-bond donors (Lipinski definition) is 1. The summed E-state index contributed by atoms with van der Waals surface area (Å²) >= 11 is 0. The van der Waals surface area contributed by atoms with Crippen molar-refractivity contribution < 1.29 is 0 Å². The number of nitrogens with zero attached hydrogens (tertiary/aromatic N) is 3. The average Bonchev–Trinajstić information content (AvgIpc) is 2.73. The smallest absolute Gasteiger partial charge is 0.150 e. The molecular weight excluding hydrogens is 212 g/mol. The van der Waals surface area contributed by atoms with Gasteiger partial charge in [-0.25, -0.2) is 0 Å². The van der Waals surface area contributed by atoms with Gasteiger partial charge in [-0.1, -0.05) is 37.3 Å². The van der Waals surface area contributed by atoms with Gasteiger partial charge in [0.15, 0.2) is 0 Å². The summed E-state index contributed by atoms with van der Waals surface area (Å²) in [5.41, 5.74) is 7.15. The highest BCUT2D eigenvalue weighted by molar-refractivity contribution is 5.16. The van der Waals surface area contributed by atoms with E-state index >= 15 is 0 Å². The predicted molar refractivity (Wildman–Crippen MR) is 67.5 cm³/mol. The normalized spacial score (nSPS) is 12.6. The third-order valence-corrected chi connectivity index (χ3v) is 2.76. The lowest BCUT2D eigenvalue weighted by Gasteiger charge is -2.11. The largest absolute Gasteiger partial charge is 0.322 e. The molecule has 1 aromatic heterocycles. The second-order valence-electron chi connectivity index (χ2n) is 4.19. The van der Waals surface area contributed by atoms with E-state index < -0.39 is 0 Å². The van der Waals surface area contributed by atoms with Gasteiger partial charge in [0.2, 0.25) is 0 Å². The zero-order valence-corrected chi connectivity index (χ0v) is 10.3. The molecule has 0 saturated heterocycles. The summed E-state index contributed by atoms with van der Waals surface area (Å²) in [5, 5.41) is 8.36. The van der Waals surface area contributed by atoms with Gasteiger partial charge in [0.1, 0.15) is 11.6 Å². The van der Waals surface area contributed by atoms with E-state index in [4.69, 9.17) is 5.73 Å². The second-order valence-corrected chi connectivity index (χ2v) is 4.19. The summed E-state index contributed by atoms with van der Waals surface area (Å²) in [6.45, 7) is 4.80. The lowest BCUT2D eigenvalue weighted by molar-refractivity contribution is 0.633. The maximum Gasteiger partial charge on any atom is 0.150 e.